The van der Waals surface area contributed by atoms with Gasteiger partial charge in [0.15, 0.2) is 0 Å². The van der Waals surface area contributed by atoms with Crippen LogP contribution in [0.1, 0.15) is 23.7 Å². The van der Waals surface area contributed by atoms with E-state index in [0.717, 1.165) is 6.42 Å². The van der Waals surface area contributed by atoms with E-state index in [9.17, 15) is 14.9 Å². The van der Waals surface area contributed by atoms with Crippen molar-refractivity contribution in [3.63, 3.8) is 0 Å². The molecule has 1 atom stereocenters. The predicted molar refractivity (Wildman–Crippen MR) is 93.0 cm³/mol. The maximum absolute atomic E-state index is 13.0. The van der Waals surface area contributed by atoms with E-state index in [1.54, 1.807) is 35.0 Å². The Hall–Kier alpha value is -2.74. The largest absolute Gasteiger partial charge is 0.338 e. The summed E-state index contributed by atoms with van der Waals surface area (Å²) < 4.78 is 1.59. The van der Waals surface area contributed by atoms with Crippen molar-refractivity contribution in [2.45, 2.75) is 13.3 Å². The van der Waals surface area contributed by atoms with Crippen LogP contribution < -0.4 is 5.73 Å². The van der Waals surface area contributed by atoms with Gasteiger partial charge in [-0.2, -0.15) is 5.10 Å². The molecule has 2 aromatic rings. The zero-order valence-corrected chi connectivity index (χ0v) is 14.3. The average Bonchev–Trinajstić information content (AvgIpc) is 3.18. The lowest BCUT2D eigenvalue weighted by Crippen LogP contribution is -2.34. The Morgan fingerprint density at radius 3 is 2.64 bits per heavy atom. The molecule has 1 aromatic carbocycles. The normalized spacial score (nSPS) is 20.0. The van der Waals surface area contributed by atoms with Crippen molar-refractivity contribution in [3.05, 3.63) is 46.1 Å². The Morgan fingerprint density at radius 2 is 2.08 bits per heavy atom. The van der Waals surface area contributed by atoms with Gasteiger partial charge in [0.2, 0.25) is 0 Å². The van der Waals surface area contributed by atoms with Crippen LogP contribution in [0.5, 0.6) is 0 Å². The molecule has 1 amide bonds. The fourth-order valence-corrected chi connectivity index (χ4v) is 3.13. The number of aryl methyl sites for hydroxylation is 1. The standard InChI is InChI=1S/C17H21N5O3/c1-17(10-18)7-8-21(11-17)16(23)14-9-20(2)19-15(14)12-3-5-13(6-4-12)22(24)25/h3-6,9H,7-8,10-11,18H2,1-2H3. The van der Waals surface area contributed by atoms with Crippen LogP contribution in [0.15, 0.2) is 30.5 Å². The second-order valence-electron chi connectivity index (χ2n) is 6.86. The fraction of sp³-hybridized carbons (Fsp3) is 0.412. The minimum Gasteiger partial charge on any atom is -0.338 e. The number of nitro groups is 1. The summed E-state index contributed by atoms with van der Waals surface area (Å²) in [7, 11) is 1.75. The summed E-state index contributed by atoms with van der Waals surface area (Å²) in [4.78, 5) is 25.1. The third kappa shape index (κ3) is 3.25. The number of carbonyl (C=O) groups excluding carboxylic acids is 1. The molecular weight excluding hydrogens is 322 g/mol. The molecule has 8 nitrogen and oxygen atoms in total. The minimum atomic E-state index is -0.452. The molecule has 25 heavy (non-hydrogen) atoms. The van der Waals surface area contributed by atoms with Gasteiger partial charge in [-0.15, -0.1) is 0 Å². The molecule has 0 aliphatic carbocycles. The van der Waals surface area contributed by atoms with Crippen molar-refractivity contribution in [2.24, 2.45) is 18.2 Å². The third-order valence-electron chi connectivity index (χ3n) is 4.75. The fourth-order valence-electron chi connectivity index (χ4n) is 3.13. The van der Waals surface area contributed by atoms with Crippen LogP contribution >= 0.6 is 0 Å². The van der Waals surface area contributed by atoms with Crippen molar-refractivity contribution in [2.75, 3.05) is 19.6 Å². The number of likely N-dealkylation sites (tertiary alicyclic amines) is 1. The summed E-state index contributed by atoms with van der Waals surface area (Å²) in [6.07, 6.45) is 2.57. The molecule has 0 radical (unpaired) electrons. The van der Waals surface area contributed by atoms with Crippen LogP contribution in [-0.2, 0) is 7.05 Å². The molecule has 0 spiro atoms. The number of benzene rings is 1. The average molecular weight is 343 g/mol. The zero-order chi connectivity index (χ0) is 18.2. The maximum atomic E-state index is 13.0. The number of carbonyl (C=O) groups is 1. The van der Waals surface area contributed by atoms with Gasteiger partial charge in [-0.05, 0) is 30.5 Å². The maximum Gasteiger partial charge on any atom is 0.269 e. The molecule has 2 N–H and O–H groups in total. The summed E-state index contributed by atoms with van der Waals surface area (Å²) in [6, 6.07) is 6.07. The van der Waals surface area contributed by atoms with E-state index in [0.29, 0.717) is 36.5 Å². The van der Waals surface area contributed by atoms with Gasteiger partial charge in [-0.1, -0.05) is 6.92 Å². The smallest absolute Gasteiger partial charge is 0.269 e. The Labute approximate surface area is 145 Å². The topological polar surface area (TPSA) is 107 Å². The van der Waals surface area contributed by atoms with E-state index in [1.165, 1.54) is 12.1 Å². The number of nitro benzene ring substituents is 1. The SMILES string of the molecule is Cn1cc(C(=O)N2CCC(C)(CN)C2)c(-c2ccc([N+](=O)[O-])cc2)n1. The van der Waals surface area contributed by atoms with Gasteiger partial charge in [0.05, 0.1) is 10.5 Å². The first-order valence-electron chi connectivity index (χ1n) is 8.11. The molecule has 1 aromatic heterocycles. The van der Waals surface area contributed by atoms with E-state index in [-0.39, 0.29) is 17.0 Å². The molecule has 1 unspecified atom stereocenters. The van der Waals surface area contributed by atoms with Crippen molar-refractivity contribution in [1.29, 1.82) is 0 Å². The molecule has 0 saturated carbocycles. The van der Waals surface area contributed by atoms with Crippen LogP contribution in [0.4, 0.5) is 5.69 Å². The Balaban J connectivity index is 1.91. The van der Waals surface area contributed by atoms with Gasteiger partial charge in [-0.25, -0.2) is 0 Å². The molecule has 2 heterocycles. The van der Waals surface area contributed by atoms with Gasteiger partial charge in [-0.3, -0.25) is 19.6 Å². The summed E-state index contributed by atoms with van der Waals surface area (Å²) >= 11 is 0. The first-order chi connectivity index (χ1) is 11.8. The lowest BCUT2D eigenvalue weighted by atomic mass is 9.90. The number of hydrogen-bond donors (Lipinski definition) is 1. The molecule has 0 bridgehead atoms. The highest BCUT2D eigenvalue weighted by molar-refractivity contribution is 6.00. The van der Waals surface area contributed by atoms with E-state index >= 15 is 0 Å². The highest BCUT2D eigenvalue weighted by Gasteiger charge is 2.36. The van der Waals surface area contributed by atoms with Crippen molar-refractivity contribution in [3.8, 4) is 11.3 Å². The summed E-state index contributed by atoms with van der Waals surface area (Å²) in [6.45, 7) is 3.91. The first kappa shape index (κ1) is 17.1. The van der Waals surface area contributed by atoms with Gasteiger partial charge in [0.25, 0.3) is 11.6 Å². The first-order valence-corrected chi connectivity index (χ1v) is 8.11. The Kier molecular flexibility index (Phi) is 4.30. The van der Waals surface area contributed by atoms with Crippen molar-refractivity contribution < 1.29 is 9.72 Å². The van der Waals surface area contributed by atoms with E-state index in [4.69, 9.17) is 5.73 Å². The Bertz CT molecular complexity index is 814. The number of hydrogen-bond acceptors (Lipinski definition) is 5. The van der Waals surface area contributed by atoms with Gasteiger partial charge in [0.1, 0.15) is 5.69 Å². The number of nitrogens with two attached hydrogens (primary N) is 1. The van der Waals surface area contributed by atoms with E-state index in [2.05, 4.69) is 12.0 Å². The van der Waals surface area contributed by atoms with Crippen LogP contribution in [0, 0.1) is 15.5 Å². The second-order valence-corrected chi connectivity index (χ2v) is 6.86. The lowest BCUT2D eigenvalue weighted by Gasteiger charge is -2.22. The van der Waals surface area contributed by atoms with Crippen molar-refractivity contribution in [1.82, 2.24) is 14.7 Å². The third-order valence-corrected chi connectivity index (χ3v) is 4.75. The van der Waals surface area contributed by atoms with E-state index in [1.807, 2.05) is 0 Å². The van der Waals surface area contributed by atoms with Crippen LogP contribution in [0.3, 0.4) is 0 Å². The highest BCUT2D eigenvalue weighted by Crippen LogP contribution is 2.31. The van der Waals surface area contributed by atoms with E-state index < -0.39 is 4.92 Å². The number of amides is 1. The number of nitrogens with zero attached hydrogens (tertiary/aromatic N) is 4. The monoisotopic (exact) mass is 343 g/mol. The summed E-state index contributed by atoms with van der Waals surface area (Å²) in [5, 5.41) is 15.2. The molecule has 8 heteroatoms. The predicted octanol–water partition coefficient (Wildman–Crippen LogP) is 1.81. The van der Waals surface area contributed by atoms with Gasteiger partial charge in [0, 0.05) is 44.0 Å². The van der Waals surface area contributed by atoms with Crippen molar-refractivity contribution >= 4 is 11.6 Å². The highest BCUT2D eigenvalue weighted by atomic mass is 16.6. The number of non-ortho nitro benzene ring substituents is 1. The quantitative estimate of drug-likeness (QED) is 0.673. The molecule has 1 aliphatic rings. The molecular formula is C17H21N5O3. The van der Waals surface area contributed by atoms with Crippen LogP contribution in [-0.4, -0.2) is 45.1 Å². The minimum absolute atomic E-state index is 0.00538. The zero-order valence-electron chi connectivity index (χ0n) is 14.3. The second kappa shape index (κ2) is 6.29. The van der Waals surface area contributed by atoms with Gasteiger partial charge >= 0.3 is 0 Å². The lowest BCUT2D eigenvalue weighted by molar-refractivity contribution is -0.384. The van der Waals surface area contributed by atoms with Gasteiger partial charge < -0.3 is 10.6 Å². The molecule has 1 saturated heterocycles. The molecule has 3 rings (SSSR count). The van der Waals surface area contributed by atoms with Crippen LogP contribution in [0.2, 0.25) is 0 Å². The molecule has 1 fully saturated rings. The van der Waals surface area contributed by atoms with Crippen LogP contribution in [0.25, 0.3) is 11.3 Å². The summed E-state index contributed by atoms with van der Waals surface area (Å²) in [5.74, 6) is -0.0846. The Morgan fingerprint density at radius 1 is 1.40 bits per heavy atom. The number of aromatic nitrogens is 2. The summed E-state index contributed by atoms with van der Waals surface area (Å²) in [5.41, 5.74) is 7.48. The number of rotatable bonds is 4. The molecule has 132 valence electrons. The molecule has 1 aliphatic heterocycles.